The van der Waals surface area contributed by atoms with Gasteiger partial charge in [-0.05, 0) is 6.07 Å². The van der Waals surface area contributed by atoms with E-state index in [1.165, 1.54) is 0 Å². The molecule has 0 saturated heterocycles. The van der Waals surface area contributed by atoms with Crippen LogP contribution in [0.2, 0.25) is 10.3 Å². The van der Waals surface area contributed by atoms with Crippen LogP contribution in [0.5, 0.6) is 0 Å². The van der Waals surface area contributed by atoms with Gasteiger partial charge in [-0.2, -0.15) is 0 Å². The Hall–Kier alpha value is -0.0600. The summed E-state index contributed by atoms with van der Waals surface area (Å²) in [4.78, 5) is 3.84. The smallest absolute Gasteiger partial charge is 0.135 e. The number of pyridine rings is 1. The third-order valence-corrected chi connectivity index (χ3v) is 2.01. The molecular formula is C7H10Cl3N3. The molecular weight excluding hydrogens is 232 g/mol. The number of nitrogens with two attached hydrogens (primary N) is 2. The highest BCUT2D eigenvalue weighted by atomic mass is 35.5. The maximum atomic E-state index is 5.77. The van der Waals surface area contributed by atoms with Gasteiger partial charge >= 0.3 is 0 Å². The standard InChI is InChI=1S/C7H9Cl2N3.ClH/c8-6-2-1-4(5(11)3-10)7(9)12-6;/h1-2,5H,3,10-11H2;1H/t5-;/m1./s1. The zero-order valence-electron chi connectivity index (χ0n) is 6.71. The third-order valence-electron chi connectivity index (χ3n) is 1.50. The average Bonchev–Trinajstić information content (AvgIpc) is 2.03. The molecule has 0 aromatic carbocycles. The zero-order valence-corrected chi connectivity index (χ0v) is 9.03. The molecule has 0 radical (unpaired) electrons. The Labute approximate surface area is 92.8 Å². The van der Waals surface area contributed by atoms with Gasteiger partial charge in [0.15, 0.2) is 0 Å². The first kappa shape index (κ1) is 12.9. The highest BCUT2D eigenvalue weighted by molar-refractivity contribution is 6.32. The topological polar surface area (TPSA) is 64.9 Å². The van der Waals surface area contributed by atoms with Gasteiger partial charge in [-0.1, -0.05) is 29.3 Å². The van der Waals surface area contributed by atoms with Crippen LogP contribution >= 0.6 is 35.6 Å². The third kappa shape index (κ3) is 3.29. The number of hydrogen-bond donors (Lipinski definition) is 2. The largest absolute Gasteiger partial charge is 0.329 e. The van der Waals surface area contributed by atoms with Crippen molar-refractivity contribution < 1.29 is 0 Å². The molecule has 1 aromatic heterocycles. The van der Waals surface area contributed by atoms with Crippen molar-refractivity contribution in [1.29, 1.82) is 0 Å². The molecule has 0 bridgehead atoms. The molecule has 1 heterocycles. The van der Waals surface area contributed by atoms with Crippen molar-refractivity contribution in [2.75, 3.05) is 6.54 Å². The summed E-state index contributed by atoms with van der Waals surface area (Å²) in [5.41, 5.74) is 11.7. The summed E-state index contributed by atoms with van der Waals surface area (Å²) in [7, 11) is 0. The minimum Gasteiger partial charge on any atom is -0.329 e. The lowest BCUT2D eigenvalue weighted by Gasteiger charge is -2.09. The van der Waals surface area contributed by atoms with E-state index in [0.717, 1.165) is 5.56 Å². The van der Waals surface area contributed by atoms with Gasteiger partial charge in [0.1, 0.15) is 10.3 Å². The van der Waals surface area contributed by atoms with Crippen LogP contribution in [-0.4, -0.2) is 11.5 Å². The number of rotatable bonds is 2. The van der Waals surface area contributed by atoms with Crippen molar-refractivity contribution in [3.63, 3.8) is 0 Å². The van der Waals surface area contributed by atoms with Crippen LogP contribution in [0.1, 0.15) is 11.6 Å². The fourth-order valence-corrected chi connectivity index (χ4v) is 1.31. The van der Waals surface area contributed by atoms with E-state index in [1.54, 1.807) is 12.1 Å². The van der Waals surface area contributed by atoms with Crippen LogP contribution < -0.4 is 11.5 Å². The Morgan fingerprint density at radius 2 is 2.00 bits per heavy atom. The highest BCUT2D eigenvalue weighted by Gasteiger charge is 2.09. The van der Waals surface area contributed by atoms with E-state index in [2.05, 4.69) is 4.98 Å². The van der Waals surface area contributed by atoms with Gasteiger partial charge in [0.05, 0.1) is 0 Å². The van der Waals surface area contributed by atoms with E-state index >= 15 is 0 Å². The summed E-state index contributed by atoms with van der Waals surface area (Å²) in [5, 5.41) is 0.674. The average molecular weight is 243 g/mol. The number of halogens is 3. The van der Waals surface area contributed by atoms with Crippen molar-refractivity contribution in [2.45, 2.75) is 6.04 Å². The molecule has 4 N–H and O–H groups in total. The molecule has 0 aliphatic heterocycles. The Morgan fingerprint density at radius 3 is 2.46 bits per heavy atom. The summed E-state index contributed by atoms with van der Waals surface area (Å²) in [6.45, 7) is 0.336. The second-order valence-corrected chi connectivity index (χ2v) is 3.10. The summed E-state index contributed by atoms with van der Waals surface area (Å²) < 4.78 is 0. The predicted molar refractivity (Wildman–Crippen MR) is 57.5 cm³/mol. The molecule has 0 aliphatic carbocycles. The maximum absolute atomic E-state index is 5.77. The Morgan fingerprint density at radius 1 is 1.38 bits per heavy atom. The Balaban J connectivity index is 0.00000144. The zero-order chi connectivity index (χ0) is 9.14. The van der Waals surface area contributed by atoms with Gasteiger partial charge in [-0.15, -0.1) is 12.4 Å². The van der Waals surface area contributed by atoms with E-state index in [4.69, 9.17) is 34.7 Å². The number of aromatic nitrogens is 1. The summed E-state index contributed by atoms with van der Waals surface area (Å²) >= 11 is 11.4. The SMILES string of the molecule is Cl.NC[C@@H](N)c1ccc(Cl)nc1Cl. The Kier molecular flexibility index (Phi) is 5.60. The van der Waals surface area contributed by atoms with Gasteiger partial charge in [-0.3, -0.25) is 0 Å². The van der Waals surface area contributed by atoms with Gasteiger partial charge in [0, 0.05) is 18.2 Å². The fraction of sp³-hybridized carbons (Fsp3) is 0.286. The molecule has 0 spiro atoms. The Bertz CT molecular complexity index is 280. The molecule has 0 aliphatic rings. The van der Waals surface area contributed by atoms with E-state index in [-0.39, 0.29) is 18.4 Å². The van der Waals surface area contributed by atoms with Gasteiger partial charge < -0.3 is 11.5 Å². The van der Waals surface area contributed by atoms with Crippen molar-refractivity contribution in [3.8, 4) is 0 Å². The molecule has 1 aromatic rings. The van der Waals surface area contributed by atoms with Crippen LogP contribution in [0.25, 0.3) is 0 Å². The van der Waals surface area contributed by atoms with Gasteiger partial charge in [0.25, 0.3) is 0 Å². The van der Waals surface area contributed by atoms with Crippen LogP contribution in [0.3, 0.4) is 0 Å². The lowest BCUT2D eigenvalue weighted by molar-refractivity contribution is 0.733. The lowest BCUT2D eigenvalue weighted by Crippen LogP contribution is -2.21. The molecule has 74 valence electrons. The van der Waals surface area contributed by atoms with E-state index in [9.17, 15) is 0 Å². The highest BCUT2D eigenvalue weighted by Crippen LogP contribution is 2.20. The van der Waals surface area contributed by atoms with E-state index < -0.39 is 0 Å². The van der Waals surface area contributed by atoms with Crippen molar-refractivity contribution >= 4 is 35.6 Å². The molecule has 6 heteroatoms. The van der Waals surface area contributed by atoms with Crippen molar-refractivity contribution in [1.82, 2.24) is 4.98 Å². The molecule has 1 rings (SSSR count). The van der Waals surface area contributed by atoms with E-state index in [0.29, 0.717) is 16.9 Å². The minimum atomic E-state index is -0.276. The second kappa shape index (κ2) is 5.62. The van der Waals surface area contributed by atoms with E-state index in [1.807, 2.05) is 0 Å². The number of hydrogen-bond acceptors (Lipinski definition) is 3. The first-order valence-electron chi connectivity index (χ1n) is 3.42. The predicted octanol–water partition coefficient (Wildman–Crippen LogP) is 1.77. The summed E-state index contributed by atoms with van der Waals surface area (Å²) in [6, 6.07) is 3.09. The maximum Gasteiger partial charge on any atom is 0.135 e. The molecule has 13 heavy (non-hydrogen) atoms. The first-order chi connectivity index (χ1) is 5.65. The molecule has 1 atom stereocenters. The minimum absolute atomic E-state index is 0. The molecule has 3 nitrogen and oxygen atoms in total. The fourth-order valence-electron chi connectivity index (χ4n) is 0.826. The van der Waals surface area contributed by atoms with Gasteiger partial charge in [0.2, 0.25) is 0 Å². The quantitative estimate of drug-likeness (QED) is 0.777. The summed E-state index contributed by atoms with van der Waals surface area (Å²) in [6.07, 6.45) is 0. The molecule has 0 saturated carbocycles. The summed E-state index contributed by atoms with van der Waals surface area (Å²) in [5.74, 6) is 0. The van der Waals surface area contributed by atoms with Crippen LogP contribution in [0.15, 0.2) is 12.1 Å². The second-order valence-electron chi connectivity index (χ2n) is 2.36. The van der Waals surface area contributed by atoms with Crippen molar-refractivity contribution in [3.05, 3.63) is 28.0 Å². The normalized spacial score (nSPS) is 12.0. The molecule has 0 unspecified atom stereocenters. The first-order valence-corrected chi connectivity index (χ1v) is 4.18. The number of nitrogens with zero attached hydrogens (tertiary/aromatic N) is 1. The molecule has 0 fully saturated rings. The van der Waals surface area contributed by atoms with Gasteiger partial charge in [-0.25, -0.2) is 4.98 Å². The van der Waals surface area contributed by atoms with Crippen LogP contribution in [-0.2, 0) is 0 Å². The molecule has 0 amide bonds. The van der Waals surface area contributed by atoms with Crippen LogP contribution in [0, 0.1) is 0 Å². The monoisotopic (exact) mass is 241 g/mol. The van der Waals surface area contributed by atoms with Crippen molar-refractivity contribution in [2.24, 2.45) is 11.5 Å². The van der Waals surface area contributed by atoms with Crippen LogP contribution in [0.4, 0.5) is 0 Å². The lowest BCUT2D eigenvalue weighted by atomic mass is 10.1.